The van der Waals surface area contributed by atoms with E-state index < -0.39 is 19.4 Å². The van der Waals surface area contributed by atoms with Crippen molar-refractivity contribution in [1.82, 2.24) is 10.1 Å². The number of hydrogen-bond acceptors (Lipinski definition) is 3. The summed E-state index contributed by atoms with van der Waals surface area (Å²) in [6.45, 7) is 4.00. The van der Waals surface area contributed by atoms with E-state index >= 15 is 0 Å². The zero-order valence-electron chi connectivity index (χ0n) is 18.3. The minimum atomic E-state index is -3.25. The predicted molar refractivity (Wildman–Crippen MR) is 133 cm³/mol. The van der Waals surface area contributed by atoms with Gasteiger partial charge in [-0.25, -0.2) is 0 Å². The molecule has 0 aliphatic carbocycles. The molecular formula is C27H28N3OP. The second kappa shape index (κ2) is 9.62. The summed E-state index contributed by atoms with van der Waals surface area (Å²) < 4.78 is 15.0. The molecule has 0 saturated heterocycles. The van der Waals surface area contributed by atoms with Crippen molar-refractivity contribution < 1.29 is 4.57 Å². The van der Waals surface area contributed by atoms with Gasteiger partial charge in [0.2, 0.25) is 7.29 Å². The highest BCUT2D eigenvalue weighted by atomic mass is 31.2. The van der Waals surface area contributed by atoms with E-state index in [4.69, 9.17) is 5.73 Å². The van der Waals surface area contributed by atoms with Gasteiger partial charge in [0.15, 0.2) is 0 Å². The first-order valence-electron chi connectivity index (χ1n) is 10.7. The van der Waals surface area contributed by atoms with Crippen LogP contribution < -0.4 is 21.4 Å². The maximum Gasteiger partial charge on any atom is 0.205 e. The fourth-order valence-electron chi connectivity index (χ4n) is 4.06. The number of nitrogens with two attached hydrogens (primary N) is 1. The van der Waals surface area contributed by atoms with Gasteiger partial charge in [-0.2, -0.15) is 0 Å². The Balaban J connectivity index is 1.89. The fourth-order valence-corrected chi connectivity index (χ4v) is 7.04. The fraction of sp³-hybridized carbons (Fsp3) is 0.148. The lowest BCUT2D eigenvalue weighted by molar-refractivity contribution is 0.503. The molecule has 0 aliphatic heterocycles. The van der Waals surface area contributed by atoms with Crippen molar-refractivity contribution >= 4 is 17.9 Å². The molecule has 162 valence electrons. The monoisotopic (exact) mass is 441 g/mol. The van der Waals surface area contributed by atoms with Gasteiger partial charge in [0.25, 0.3) is 0 Å². The summed E-state index contributed by atoms with van der Waals surface area (Å²) in [6, 6.07) is 30.5. The van der Waals surface area contributed by atoms with Crippen molar-refractivity contribution in [3.05, 3.63) is 126 Å². The number of aryl methyl sites for hydroxylation is 2. The zero-order chi connectivity index (χ0) is 22.6. The Morgan fingerprint density at radius 3 is 1.81 bits per heavy atom. The Morgan fingerprint density at radius 1 is 0.750 bits per heavy atom. The number of pyridine rings is 1. The quantitative estimate of drug-likeness (QED) is 0.398. The molecule has 3 N–H and O–H groups in total. The van der Waals surface area contributed by atoms with E-state index in [0.717, 1.165) is 33.0 Å². The second-order valence-electron chi connectivity index (χ2n) is 7.98. The topological polar surface area (TPSA) is 68.0 Å². The van der Waals surface area contributed by atoms with Crippen LogP contribution in [0.2, 0.25) is 0 Å². The SMILES string of the molecule is Cc1ccccc1P(=O)(N[C@@H](c1ccccc1)[C@@H](N)c1ccccn1)c1ccccc1C. The van der Waals surface area contributed by atoms with Crippen LogP contribution in [0.15, 0.2) is 103 Å². The molecule has 4 nitrogen and oxygen atoms in total. The highest BCUT2D eigenvalue weighted by molar-refractivity contribution is 7.77. The van der Waals surface area contributed by atoms with E-state index in [9.17, 15) is 4.57 Å². The summed E-state index contributed by atoms with van der Waals surface area (Å²) in [6.07, 6.45) is 1.74. The van der Waals surface area contributed by atoms with Crippen molar-refractivity contribution in [3.63, 3.8) is 0 Å². The van der Waals surface area contributed by atoms with E-state index in [1.807, 2.05) is 111 Å². The minimum absolute atomic E-state index is 0.406. The molecule has 0 saturated carbocycles. The minimum Gasteiger partial charge on any atom is -0.321 e. The Hall–Kier alpha value is -3.04. The first kappa shape index (κ1) is 22.2. The predicted octanol–water partition coefficient (Wildman–Crippen LogP) is 4.96. The molecule has 1 heterocycles. The maximum atomic E-state index is 15.0. The Labute approximate surface area is 190 Å². The maximum absolute atomic E-state index is 15.0. The first-order valence-corrected chi connectivity index (χ1v) is 12.4. The zero-order valence-corrected chi connectivity index (χ0v) is 19.2. The van der Waals surface area contributed by atoms with Crippen molar-refractivity contribution in [2.45, 2.75) is 25.9 Å². The lowest BCUT2D eigenvalue weighted by Gasteiger charge is -2.32. The van der Waals surface area contributed by atoms with Gasteiger partial charge < -0.3 is 5.73 Å². The van der Waals surface area contributed by atoms with Crippen LogP contribution in [0.25, 0.3) is 0 Å². The molecular weight excluding hydrogens is 413 g/mol. The summed E-state index contributed by atoms with van der Waals surface area (Å²) in [4.78, 5) is 4.48. The first-order chi connectivity index (χ1) is 15.5. The van der Waals surface area contributed by atoms with Crippen LogP contribution in [-0.4, -0.2) is 4.98 Å². The molecule has 0 unspecified atom stereocenters. The van der Waals surface area contributed by atoms with Gasteiger partial charge in [0, 0.05) is 16.8 Å². The third kappa shape index (κ3) is 4.44. The van der Waals surface area contributed by atoms with Gasteiger partial charge in [-0.1, -0.05) is 72.8 Å². The number of nitrogens with zero attached hydrogens (tertiary/aromatic N) is 1. The van der Waals surface area contributed by atoms with Gasteiger partial charge in [0.1, 0.15) is 0 Å². The van der Waals surface area contributed by atoms with E-state index in [1.54, 1.807) is 6.20 Å². The normalized spacial score (nSPS) is 13.5. The average Bonchev–Trinajstić information content (AvgIpc) is 2.83. The molecule has 2 atom stereocenters. The van der Waals surface area contributed by atoms with E-state index in [0.29, 0.717) is 0 Å². The van der Waals surface area contributed by atoms with Crippen LogP contribution in [0, 0.1) is 13.8 Å². The van der Waals surface area contributed by atoms with E-state index in [1.165, 1.54) is 0 Å². The average molecular weight is 442 g/mol. The highest BCUT2D eigenvalue weighted by Crippen LogP contribution is 2.45. The molecule has 3 aromatic carbocycles. The van der Waals surface area contributed by atoms with E-state index in [2.05, 4.69) is 10.1 Å². The summed E-state index contributed by atoms with van der Waals surface area (Å²) >= 11 is 0. The van der Waals surface area contributed by atoms with Crippen molar-refractivity contribution in [2.75, 3.05) is 0 Å². The number of benzene rings is 3. The largest absolute Gasteiger partial charge is 0.321 e. The summed E-state index contributed by atoms with van der Waals surface area (Å²) in [5.74, 6) is 0. The number of hydrogen-bond donors (Lipinski definition) is 2. The van der Waals surface area contributed by atoms with Gasteiger partial charge in [-0.15, -0.1) is 0 Å². The van der Waals surface area contributed by atoms with E-state index in [-0.39, 0.29) is 0 Å². The van der Waals surface area contributed by atoms with Crippen molar-refractivity contribution in [2.24, 2.45) is 5.73 Å². The standard InChI is InChI=1S/C27H28N3OP/c1-20-12-6-8-17-24(20)32(31,25-18-9-7-13-21(25)2)30-27(22-14-4-3-5-15-22)26(28)23-16-10-11-19-29-23/h3-19,26-27H,28H2,1-2H3,(H,30,31)/t26-,27-/m0/s1. The Kier molecular flexibility index (Phi) is 6.66. The molecule has 4 aromatic rings. The van der Waals surface area contributed by atoms with Crippen LogP contribution in [0.5, 0.6) is 0 Å². The summed E-state index contributed by atoms with van der Waals surface area (Å²) in [5, 5.41) is 5.14. The summed E-state index contributed by atoms with van der Waals surface area (Å²) in [5.41, 5.74) is 10.4. The van der Waals surface area contributed by atoms with Gasteiger partial charge in [-0.3, -0.25) is 14.6 Å². The molecule has 0 aliphatic rings. The van der Waals surface area contributed by atoms with Gasteiger partial charge >= 0.3 is 0 Å². The van der Waals surface area contributed by atoms with Gasteiger partial charge in [-0.05, 0) is 54.8 Å². The van der Waals surface area contributed by atoms with Crippen LogP contribution in [-0.2, 0) is 4.57 Å². The number of rotatable bonds is 7. The molecule has 1 aromatic heterocycles. The second-order valence-corrected chi connectivity index (χ2v) is 10.4. The van der Waals surface area contributed by atoms with Gasteiger partial charge in [0.05, 0.1) is 17.8 Å². The molecule has 5 heteroatoms. The number of aromatic nitrogens is 1. The third-order valence-corrected chi connectivity index (χ3v) is 8.78. The molecule has 0 bridgehead atoms. The molecule has 0 amide bonds. The Bertz CT molecular complexity index is 1180. The summed E-state index contributed by atoms with van der Waals surface area (Å²) in [7, 11) is -3.25. The smallest absolute Gasteiger partial charge is 0.205 e. The third-order valence-electron chi connectivity index (χ3n) is 5.78. The molecule has 32 heavy (non-hydrogen) atoms. The van der Waals surface area contributed by atoms with Crippen LogP contribution >= 0.6 is 7.29 Å². The molecule has 4 rings (SSSR count). The van der Waals surface area contributed by atoms with Crippen molar-refractivity contribution in [3.8, 4) is 0 Å². The van der Waals surface area contributed by atoms with Crippen molar-refractivity contribution in [1.29, 1.82) is 0 Å². The van der Waals surface area contributed by atoms with Crippen LogP contribution in [0.3, 0.4) is 0 Å². The van der Waals surface area contributed by atoms with Crippen LogP contribution in [0.4, 0.5) is 0 Å². The Morgan fingerprint density at radius 2 is 1.28 bits per heavy atom. The number of nitrogens with one attached hydrogen (secondary N) is 1. The highest BCUT2D eigenvalue weighted by Gasteiger charge is 2.35. The molecule has 0 fully saturated rings. The lowest BCUT2D eigenvalue weighted by Crippen LogP contribution is -2.37. The molecule has 0 spiro atoms. The van der Waals surface area contributed by atoms with Crippen LogP contribution in [0.1, 0.15) is 34.5 Å². The molecule has 0 radical (unpaired) electrons. The lowest BCUT2D eigenvalue weighted by atomic mass is 9.98.